The van der Waals surface area contributed by atoms with Crippen LogP contribution in [0.2, 0.25) is 0 Å². The highest BCUT2D eigenvalue weighted by Crippen LogP contribution is 2.45. The first-order valence-corrected chi connectivity index (χ1v) is 5.89. The topological polar surface area (TPSA) is 57.5 Å². The predicted molar refractivity (Wildman–Crippen MR) is 56.7 cm³/mol. The molecular formula is C9H14NO4P. The van der Waals surface area contributed by atoms with Gasteiger partial charge in [-0.3, -0.25) is 9.36 Å². The van der Waals surface area contributed by atoms with E-state index in [0.29, 0.717) is 11.1 Å². The molecule has 0 atom stereocenters. The summed E-state index contributed by atoms with van der Waals surface area (Å²) in [5.74, 6) is -0.0949. The van der Waals surface area contributed by atoms with Crippen LogP contribution in [0.3, 0.4) is 0 Å². The van der Waals surface area contributed by atoms with Crippen molar-refractivity contribution in [1.29, 1.82) is 0 Å². The number of aromatic nitrogens is 1. The van der Waals surface area contributed by atoms with Gasteiger partial charge in [0.15, 0.2) is 5.78 Å². The van der Waals surface area contributed by atoms with Crippen molar-refractivity contribution >= 4 is 18.8 Å². The number of ketones is 1. The molecule has 0 radical (unpaired) electrons. The highest BCUT2D eigenvalue weighted by molar-refractivity contribution is 7.61. The molecular weight excluding hydrogens is 217 g/mol. The molecule has 0 unspecified atom stereocenters. The number of carbonyl (C=O) groups excluding carboxylic acids is 1. The van der Waals surface area contributed by atoms with Crippen molar-refractivity contribution in [1.82, 2.24) is 4.57 Å². The van der Waals surface area contributed by atoms with Gasteiger partial charge in [-0.25, -0.2) is 0 Å². The third-order valence-corrected chi connectivity index (χ3v) is 4.19. The van der Waals surface area contributed by atoms with E-state index in [1.807, 2.05) is 0 Å². The fourth-order valence-electron chi connectivity index (χ4n) is 1.39. The Morgan fingerprint density at radius 1 is 1.33 bits per heavy atom. The smallest absolute Gasteiger partial charge is 0.335 e. The second-order valence-corrected chi connectivity index (χ2v) is 5.24. The maximum atomic E-state index is 12.0. The third-order valence-electron chi connectivity index (χ3n) is 2.22. The first-order chi connectivity index (χ1) is 6.96. The van der Waals surface area contributed by atoms with Gasteiger partial charge in [0.25, 0.3) is 0 Å². The molecule has 0 amide bonds. The molecule has 0 aliphatic rings. The predicted octanol–water partition coefficient (Wildman–Crippen LogP) is 1.34. The Morgan fingerprint density at radius 3 is 2.20 bits per heavy atom. The molecule has 0 saturated heterocycles. The standard InChI is InChI=1S/C9H14NO4P/c1-7(11)8-5-6-9(10(8)2)15(12,13-3)14-4/h5-6H,1-4H3. The van der Waals surface area contributed by atoms with Gasteiger partial charge < -0.3 is 13.6 Å². The minimum absolute atomic E-state index is 0.0949. The van der Waals surface area contributed by atoms with Crippen LogP contribution in [0.25, 0.3) is 0 Å². The normalized spacial score (nSPS) is 11.7. The molecule has 0 aliphatic heterocycles. The Balaban J connectivity index is 3.28. The Bertz CT molecular complexity index is 416. The molecule has 84 valence electrons. The van der Waals surface area contributed by atoms with Crippen molar-refractivity contribution < 1.29 is 18.4 Å². The summed E-state index contributed by atoms with van der Waals surface area (Å²) < 4.78 is 23.3. The van der Waals surface area contributed by atoms with E-state index in [9.17, 15) is 9.36 Å². The van der Waals surface area contributed by atoms with Crippen LogP contribution in [-0.2, 0) is 20.7 Å². The summed E-state index contributed by atoms with van der Waals surface area (Å²) in [7, 11) is 0.991. The molecule has 0 aromatic carbocycles. The lowest BCUT2D eigenvalue weighted by Crippen LogP contribution is -2.18. The average Bonchev–Trinajstić information content (AvgIpc) is 2.59. The van der Waals surface area contributed by atoms with Crippen molar-refractivity contribution in [2.45, 2.75) is 6.92 Å². The molecule has 15 heavy (non-hydrogen) atoms. The molecule has 0 aliphatic carbocycles. The number of nitrogens with zero attached hydrogens (tertiary/aromatic N) is 1. The van der Waals surface area contributed by atoms with Gasteiger partial charge in [-0.15, -0.1) is 0 Å². The zero-order chi connectivity index (χ0) is 11.6. The lowest BCUT2D eigenvalue weighted by atomic mass is 10.3. The van der Waals surface area contributed by atoms with Gasteiger partial charge in [-0.2, -0.15) is 0 Å². The van der Waals surface area contributed by atoms with Gasteiger partial charge in [0.2, 0.25) is 0 Å². The highest BCUT2D eigenvalue weighted by atomic mass is 31.2. The van der Waals surface area contributed by atoms with Crippen molar-refractivity contribution in [3.8, 4) is 0 Å². The zero-order valence-corrected chi connectivity index (χ0v) is 10.1. The van der Waals surface area contributed by atoms with E-state index < -0.39 is 7.60 Å². The maximum absolute atomic E-state index is 12.0. The van der Waals surface area contributed by atoms with Crippen molar-refractivity contribution in [2.75, 3.05) is 14.2 Å². The summed E-state index contributed by atoms with van der Waals surface area (Å²) in [4.78, 5) is 11.2. The van der Waals surface area contributed by atoms with Gasteiger partial charge in [-0.05, 0) is 12.1 Å². The molecule has 1 aromatic rings. The fraction of sp³-hybridized carbons (Fsp3) is 0.444. The van der Waals surface area contributed by atoms with Crippen LogP contribution in [-0.4, -0.2) is 24.6 Å². The SMILES string of the molecule is COP(=O)(OC)c1ccc(C(C)=O)n1C. The summed E-state index contributed by atoms with van der Waals surface area (Å²) >= 11 is 0. The van der Waals surface area contributed by atoms with E-state index in [-0.39, 0.29) is 5.78 Å². The lowest BCUT2D eigenvalue weighted by Gasteiger charge is -2.14. The van der Waals surface area contributed by atoms with E-state index in [0.717, 1.165) is 0 Å². The molecule has 0 spiro atoms. The van der Waals surface area contributed by atoms with E-state index in [2.05, 4.69) is 0 Å². The molecule has 1 heterocycles. The zero-order valence-electron chi connectivity index (χ0n) is 9.18. The van der Waals surface area contributed by atoms with E-state index in [1.54, 1.807) is 19.2 Å². The molecule has 0 N–H and O–H groups in total. The minimum Gasteiger partial charge on any atom is -0.335 e. The molecule has 0 bridgehead atoms. The highest BCUT2D eigenvalue weighted by Gasteiger charge is 2.28. The summed E-state index contributed by atoms with van der Waals surface area (Å²) in [6.07, 6.45) is 0. The second kappa shape index (κ2) is 4.31. The maximum Gasteiger partial charge on any atom is 0.377 e. The van der Waals surface area contributed by atoms with Crippen LogP contribution >= 0.6 is 7.60 Å². The Morgan fingerprint density at radius 2 is 1.87 bits per heavy atom. The number of hydrogen-bond donors (Lipinski definition) is 0. The lowest BCUT2D eigenvalue weighted by molar-refractivity contribution is 0.101. The van der Waals surface area contributed by atoms with E-state index >= 15 is 0 Å². The Hall–Kier alpha value is -0.900. The van der Waals surface area contributed by atoms with Gasteiger partial charge in [0.05, 0.1) is 5.69 Å². The van der Waals surface area contributed by atoms with Gasteiger partial charge in [0.1, 0.15) is 5.44 Å². The van der Waals surface area contributed by atoms with Crippen LogP contribution in [0.1, 0.15) is 17.4 Å². The fourth-order valence-corrected chi connectivity index (χ4v) is 2.65. The number of hydrogen-bond acceptors (Lipinski definition) is 4. The van der Waals surface area contributed by atoms with Gasteiger partial charge in [0, 0.05) is 28.2 Å². The average molecular weight is 231 g/mol. The third kappa shape index (κ3) is 2.04. The minimum atomic E-state index is -3.28. The Kier molecular flexibility index (Phi) is 3.50. The first-order valence-electron chi connectivity index (χ1n) is 4.35. The summed E-state index contributed by atoms with van der Waals surface area (Å²) in [5, 5.41) is 0. The molecule has 0 fully saturated rings. The number of Topliss-reactive ketones (excluding diaryl/α,β-unsaturated/α-hetero) is 1. The van der Waals surface area contributed by atoms with Crippen LogP contribution in [0.5, 0.6) is 0 Å². The molecule has 1 aromatic heterocycles. The summed E-state index contributed by atoms with van der Waals surface area (Å²) in [5.41, 5.74) is 0.844. The van der Waals surface area contributed by atoms with Crippen LogP contribution in [0.4, 0.5) is 0 Å². The summed E-state index contributed by atoms with van der Waals surface area (Å²) in [6, 6.07) is 3.17. The number of rotatable bonds is 4. The van der Waals surface area contributed by atoms with Gasteiger partial charge in [-0.1, -0.05) is 0 Å². The van der Waals surface area contributed by atoms with Crippen LogP contribution in [0, 0.1) is 0 Å². The molecule has 1 rings (SSSR count). The van der Waals surface area contributed by atoms with Crippen molar-refractivity contribution in [3.05, 3.63) is 17.8 Å². The molecule has 5 nitrogen and oxygen atoms in total. The van der Waals surface area contributed by atoms with Crippen LogP contribution in [0.15, 0.2) is 12.1 Å². The molecule has 0 saturated carbocycles. The molecule has 6 heteroatoms. The van der Waals surface area contributed by atoms with E-state index in [1.165, 1.54) is 25.7 Å². The largest absolute Gasteiger partial charge is 0.377 e. The second-order valence-electron chi connectivity index (χ2n) is 3.05. The first kappa shape index (κ1) is 12.2. The van der Waals surface area contributed by atoms with Crippen LogP contribution < -0.4 is 5.44 Å². The van der Waals surface area contributed by atoms with Crippen molar-refractivity contribution in [3.63, 3.8) is 0 Å². The van der Waals surface area contributed by atoms with Gasteiger partial charge >= 0.3 is 7.60 Å². The summed E-state index contributed by atoms with van der Waals surface area (Å²) in [6.45, 7) is 1.45. The van der Waals surface area contributed by atoms with E-state index in [4.69, 9.17) is 9.05 Å². The quantitative estimate of drug-likeness (QED) is 0.579. The van der Waals surface area contributed by atoms with Crippen molar-refractivity contribution in [2.24, 2.45) is 7.05 Å². The monoisotopic (exact) mass is 231 g/mol. The Labute approximate surface area is 88.5 Å². The number of carbonyl (C=O) groups is 1.